The van der Waals surface area contributed by atoms with Crippen LogP contribution in [0.4, 0.5) is 0 Å². The number of benzene rings is 2. The third kappa shape index (κ3) is 2.42. The topological polar surface area (TPSA) is 46.5 Å². The number of allylic oxidation sites excluding steroid dienone is 1. The van der Waals surface area contributed by atoms with Gasteiger partial charge in [-0.15, -0.1) is 0 Å². The van der Waals surface area contributed by atoms with Crippen molar-refractivity contribution in [2.24, 2.45) is 0 Å². The number of fused-ring (bicyclic) bond motifs is 1. The van der Waals surface area contributed by atoms with Gasteiger partial charge in [0.15, 0.2) is 5.76 Å². The third-order valence-corrected chi connectivity index (χ3v) is 3.64. The third-order valence-electron chi connectivity index (χ3n) is 3.64. The number of carbonyl (C=O) groups excluding carboxylic acids is 1. The highest BCUT2D eigenvalue weighted by atomic mass is 16.5. The summed E-state index contributed by atoms with van der Waals surface area (Å²) in [6.45, 7) is 3.89. The number of aryl methyl sites for hydroxylation is 2. The van der Waals surface area contributed by atoms with Gasteiger partial charge in [0.25, 0.3) is 0 Å². The van der Waals surface area contributed by atoms with Gasteiger partial charge < -0.3 is 9.84 Å². The molecule has 0 bridgehead atoms. The largest absolute Gasteiger partial charge is 0.508 e. The molecule has 0 unspecified atom stereocenters. The first kappa shape index (κ1) is 13.4. The van der Waals surface area contributed by atoms with Gasteiger partial charge >= 0.3 is 0 Å². The summed E-state index contributed by atoms with van der Waals surface area (Å²) in [6.07, 6.45) is 2.72. The number of aromatic hydroxyl groups is 1. The fourth-order valence-electron chi connectivity index (χ4n) is 2.49. The van der Waals surface area contributed by atoms with Gasteiger partial charge in [-0.25, -0.2) is 0 Å². The van der Waals surface area contributed by atoms with Crippen molar-refractivity contribution in [2.45, 2.75) is 20.3 Å². The Morgan fingerprint density at radius 1 is 1.19 bits per heavy atom. The molecule has 3 nitrogen and oxygen atoms in total. The molecule has 3 heteroatoms. The van der Waals surface area contributed by atoms with E-state index in [0.29, 0.717) is 17.1 Å². The van der Waals surface area contributed by atoms with Crippen molar-refractivity contribution in [2.75, 3.05) is 0 Å². The lowest BCUT2D eigenvalue weighted by Crippen LogP contribution is -1.99. The van der Waals surface area contributed by atoms with E-state index in [0.717, 1.165) is 17.5 Å². The Hall–Kier alpha value is -2.55. The summed E-state index contributed by atoms with van der Waals surface area (Å²) in [5.41, 5.74) is 3.43. The van der Waals surface area contributed by atoms with Gasteiger partial charge in [0.1, 0.15) is 11.5 Å². The van der Waals surface area contributed by atoms with E-state index >= 15 is 0 Å². The van der Waals surface area contributed by atoms with Crippen LogP contribution < -0.4 is 4.74 Å². The predicted molar refractivity (Wildman–Crippen MR) is 81.6 cm³/mol. The zero-order chi connectivity index (χ0) is 15.0. The highest BCUT2D eigenvalue weighted by Gasteiger charge is 2.29. The maximum Gasteiger partial charge on any atom is 0.232 e. The van der Waals surface area contributed by atoms with Gasteiger partial charge in [0.05, 0.1) is 5.56 Å². The van der Waals surface area contributed by atoms with Crippen molar-refractivity contribution in [3.05, 3.63) is 64.4 Å². The first-order valence-corrected chi connectivity index (χ1v) is 6.95. The Kier molecular flexibility index (Phi) is 3.26. The monoisotopic (exact) mass is 280 g/mol. The van der Waals surface area contributed by atoms with E-state index in [1.54, 1.807) is 19.1 Å². The van der Waals surface area contributed by atoms with Crippen LogP contribution in [-0.2, 0) is 6.42 Å². The molecule has 106 valence electrons. The molecule has 0 radical (unpaired) electrons. The number of hydrogen-bond donors (Lipinski definition) is 1. The van der Waals surface area contributed by atoms with Crippen molar-refractivity contribution in [3.8, 4) is 11.5 Å². The van der Waals surface area contributed by atoms with Gasteiger partial charge in [-0.2, -0.15) is 0 Å². The summed E-state index contributed by atoms with van der Waals surface area (Å²) >= 11 is 0. The number of phenolic OH excluding ortho intramolecular Hbond substituents is 1. The van der Waals surface area contributed by atoms with Crippen LogP contribution in [0.3, 0.4) is 0 Å². The Morgan fingerprint density at radius 2 is 1.90 bits per heavy atom. The molecule has 0 atom stereocenters. The molecule has 3 rings (SSSR count). The number of phenols is 1. The second kappa shape index (κ2) is 5.09. The molecular formula is C18H16O3. The van der Waals surface area contributed by atoms with E-state index in [-0.39, 0.29) is 11.5 Å². The number of carbonyl (C=O) groups is 1. The van der Waals surface area contributed by atoms with Crippen LogP contribution in [0.25, 0.3) is 6.08 Å². The highest BCUT2D eigenvalue weighted by molar-refractivity contribution is 6.15. The van der Waals surface area contributed by atoms with Gasteiger partial charge in [0, 0.05) is 6.07 Å². The van der Waals surface area contributed by atoms with Gasteiger partial charge in [0.2, 0.25) is 5.78 Å². The molecule has 1 aliphatic rings. The van der Waals surface area contributed by atoms with E-state index in [9.17, 15) is 9.90 Å². The van der Waals surface area contributed by atoms with Crippen LogP contribution in [-0.4, -0.2) is 10.9 Å². The molecule has 1 N–H and O–H groups in total. The van der Waals surface area contributed by atoms with E-state index in [1.807, 2.05) is 24.3 Å². The number of Topliss-reactive ketones (excluding diaryl/α,β-unsaturated/α-hetero) is 1. The molecule has 0 saturated carbocycles. The Morgan fingerprint density at radius 3 is 2.57 bits per heavy atom. The molecule has 0 saturated heterocycles. The average Bonchev–Trinajstić information content (AvgIpc) is 2.76. The molecule has 0 amide bonds. The average molecular weight is 280 g/mol. The number of hydrogen-bond acceptors (Lipinski definition) is 3. The SMILES string of the molecule is CCc1ccc(/C=C2/Oc3cc(O)cc(C)c3C2=O)cc1. The molecule has 0 spiro atoms. The molecule has 21 heavy (non-hydrogen) atoms. The van der Waals surface area contributed by atoms with Crippen molar-refractivity contribution in [1.29, 1.82) is 0 Å². The smallest absolute Gasteiger partial charge is 0.232 e. The van der Waals surface area contributed by atoms with E-state index in [2.05, 4.69) is 6.92 Å². The molecule has 0 fully saturated rings. The van der Waals surface area contributed by atoms with Gasteiger partial charge in [-0.1, -0.05) is 31.2 Å². The van der Waals surface area contributed by atoms with E-state index in [4.69, 9.17) is 4.74 Å². The van der Waals surface area contributed by atoms with E-state index < -0.39 is 0 Å². The lowest BCUT2D eigenvalue weighted by atomic mass is 10.0. The highest BCUT2D eigenvalue weighted by Crippen LogP contribution is 2.37. The van der Waals surface area contributed by atoms with Gasteiger partial charge in [-0.3, -0.25) is 4.79 Å². The van der Waals surface area contributed by atoms with Crippen LogP contribution in [0.1, 0.15) is 34.0 Å². The van der Waals surface area contributed by atoms with Gasteiger partial charge in [-0.05, 0) is 42.2 Å². The molecule has 2 aromatic carbocycles. The first-order valence-electron chi connectivity index (χ1n) is 6.95. The van der Waals surface area contributed by atoms with Crippen LogP contribution in [0, 0.1) is 6.92 Å². The summed E-state index contributed by atoms with van der Waals surface area (Å²) in [7, 11) is 0. The van der Waals surface area contributed by atoms with Crippen LogP contribution in [0.2, 0.25) is 0 Å². The molecular weight excluding hydrogens is 264 g/mol. The van der Waals surface area contributed by atoms with Crippen LogP contribution in [0.15, 0.2) is 42.2 Å². The normalized spacial score (nSPS) is 15.1. The maximum atomic E-state index is 12.4. The minimum atomic E-state index is -0.137. The number of ketones is 1. The standard InChI is InChI=1S/C18H16O3/c1-3-12-4-6-13(7-5-12)9-16-18(20)17-11(2)8-14(19)10-15(17)21-16/h4-10,19H,3H2,1-2H3/b16-9+. The van der Waals surface area contributed by atoms with E-state index in [1.165, 1.54) is 11.6 Å². The number of rotatable bonds is 2. The van der Waals surface area contributed by atoms with Crippen molar-refractivity contribution in [3.63, 3.8) is 0 Å². The quantitative estimate of drug-likeness (QED) is 0.849. The summed E-state index contributed by atoms with van der Waals surface area (Å²) < 4.78 is 5.59. The second-order valence-electron chi connectivity index (χ2n) is 5.17. The molecule has 0 aliphatic carbocycles. The lowest BCUT2D eigenvalue weighted by molar-refractivity contribution is 0.101. The Labute approximate surface area is 123 Å². The first-order chi connectivity index (χ1) is 10.1. The molecule has 1 aliphatic heterocycles. The van der Waals surface area contributed by atoms with Crippen molar-refractivity contribution in [1.82, 2.24) is 0 Å². The Bertz CT molecular complexity index is 740. The summed E-state index contributed by atoms with van der Waals surface area (Å²) in [5.74, 6) is 0.687. The van der Waals surface area contributed by atoms with Crippen molar-refractivity contribution >= 4 is 11.9 Å². The fraction of sp³-hybridized carbons (Fsp3) is 0.167. The predicted octanol–water partition coefficient (Wildman–Crippen LogP) is 3.88. The lowest BCUT2D eigenvalue weighted by Gasteiger charge is -2.01. The zero-order valence-electron chi connectivity index (χ0n) is 12.0. The molecule has 1 heterocycles. The minimum absolute atomic E-state index is 0.104. The summed E-state index contributed by atoms with van der Waals surface area (Å²) in [4.78, 5) is 12.4. The molecule has 0 aromatic heterocycles. The maximum absolute atomic E-state index is 12.4. The minimum Gasteiger partial charge on any atom is -0.508 e. The van der Waals surface area contributed by atoms with Crippen molar-refractivity contribution < 1.29 is 14.6 Å². The second-order valence-corrected chi connectivity index (χ2v) is 5.17. The molecule has 2 aromatic rings. The van der Waals surface area contributed by atoms with Crippen LogP contribution in [0.5, 0.6) is 11.5 Å². The van der Waals surface area contributed by atoms with Crippen LogP contribution >= 0.6 is 0 Å². The zero-order valence-corrected chi connectivity index (χ0v) is 12.0. The Balaban J connectivity index is 1.96. The summed E-state index contributed by atoms with van der Waals surface area (Å²) in [5, 5.41) is 9.59. The summed E-state index contributed by atoms with van der Waals surface area (Å²) in [6, 6.07) is 11.1. The number of ether oxygens (including phenoxy) is 1. The fourth-order valence-corrected chi connectivity index (χ4v) is 2.49.